The molecule has 0 amide bonds. The molecule has 8 heteroatoms. The molecule has 0 unspecified atom stereocenters. The van der Waals surface area contributed by atoms with Crippen molar-refractivity contribution in [1.29, 1.82) is 0 Å². The predicted molar refractivity (Wildman–Crippen MR) is 165 cm³/mol. The summed E-state index contributed by atoms with van der Waals surface area (Å²) in [4.78, 5) is 16.5. The molecule has 1 saturated carbocycles. The van der Waals surface area contributed by atoms with Crippen molar-refractivity contribution >= 4 is 30.2 Å². The Morgan fingerprint density at radius 3 is 2.44 bits per heavy atom. The summed E-state index contributed by atoms with van der Waals surface area (Å²) in [5, 5.41) is 9.50. The highest BCUT2D eigenvalue weighted by atomic mass is 31.2. The average molecular weight is 573 g/mol. The number of hydrogen-bond donors (Lipinski definition) is 1. The highest BCUT2D eigenvalue weighted by Crippen LogP contribution is 2.37. The van der Waals surface area contributed by atoms with Crippen molar-refractivity contribution < 1.29 is 23.9 Å². The smallest absolute Gasteiger partial charge is 0.335 e. The zero-order valence-corrected chi connectivity index (χ0v) is 24.8. The number of aromatic carboxylic acids is 1. The molecular formula is C33H37N2O5P. The van der Waals surface area contributed by atoms with E-state index in [1.54, 1.807) is 32.6 Å². The molecule has 7 nitrogen and oxygen atoms in total. The van der Waals surface area contributed by atoms with Crippen LogP contribution in [0.25, 0.3) is 28.5 Å². The highest BCUT2D eigenvalue weighted by Gasteiger charge is 2.23. The number of rotatable bonds is 10. The predicted octanol–water partition coefficient (Wildman–Crippen LogP) is 8.13. The fourth-order valence-corrected chi connectivity index (χ4v) is 6.05. The van der Waals surface area contributed by atoms with Crippen molar-refractivity contribution in [2.24, 2.45) is 0 Å². The van der Waals surface area contributed by atoms with Crippen molar-refractivity contribution in [2.45, 2.75) is 44.8 Å². The summed E-state index contributed by atoms with van der Waals surface area (Å²) < 4.78 is 26.0. The molecule has 1 aromatic heterocycles. The first-order valence-electron chi connectivity index (χ1n) is 14.1. The molecule has 1 fully saturated rings. The monoisotopic (exact) mass is 572 g/mol. The second kappa shape index (κ2) is 12.4. The summed E-state index contributed by atoms with van der Waals surface area (Å²) >= 11 is 0. The van der Waals surface area contributed by atoms with Gasteiger partial charge in [0.05, 0.1) is 30.8 Å². The van der Waals surface area contributed by atoms with Gasteiger partial charge in [0.25, 0.3) is 0 Å². The first-order chi connectivity index (χ1) is 19.7. The van der Waals surface area contributed by atoms with Crippen LogP contribution in [0.15, 0.2) is 66.7 Å². The number of carboxylic acids is 1. The van der Waals surface area contributed by atoms with E-state index in [9.17, 15) is 14.5 Å². The third kappa shape index (κ3) is 6.91. The fourth-order valence-electron chi connectivity index (χ4n) is 5.44. The average Bonchev–Trinajstić information content (AvgIpc) is 3.35. The fraction of sp³-hybridized carbons (Fsp3) is 0.333. The van der Waals surface area contributed by atoms with Gasteiger partial charge in [-0.05, 0) is 86.3 Å². The first kappa shape index (κ1) is 28.7. The molecule has 5 rings (SSSR count). The number of imidazole rings is 1. The van der Waals surface area contributed by atoms with Crippen LogP contribution in [-0.4, -0.2) is 47.2 Å². The number of benzene rings is 3. The van der Waals surface area contributed by atoms with E-state index in [0.29, 0.717) is 24.3 Å². The van der Waals surface area contributed by atoms with Gasteiger partial charge in [0.1, 0.15) is 23.9 Å². The molecule has 41 heavy (non-hydrogen) atoms. The Labute approximate surface area is 241 Å². The molecule has 1 aliphatic rings. The summed E-state index contributed by atoms with van der Waals surface area (Å²) in [6, 6.07) is 19.3. The topological polar surface area (TPSA) is 90.7 Å². The third-order valence-corrected chi connectivity index (χ3v) is 8.67. The Hall–Kier alpha value is -3.83. The van der Waals surface area contributed by atoms with Gasteiger partial charge in [-0.25, -0.2) is 9.78 Å². The van der Waals surface area contributed by atoms with Gasteiger partial charge in [-0.15, -0.1) is 0 Å². The van der Waals surface area contributed by atoms with Gasteiger partial charge >= 0.3 is 5.97 Å². The maximum atomic E-state index is 12.1. The van der Waals surface area contributed by atoms with Gasteiger partial charge in [-0.2, -0.15) is 0 Å². The summed E-state index contributed by atoms with van der Waals surface area (Å²) in [6.45, 7) is 3.93. The number of ether oxygens (including phenoxy) is 2. The van der Waals surface area contributed by atoms with E-state index in [1.165, 1.54) is 19.3 Å². The lowest BCUT2D eigenvalue weighted by molar-refractivity contribution is 0.0697. The Balaban J connectivity index is 1.40. The van der Waals surface area contributed by atoms with Crippen LogP contribution >= 0.6 is 7.14 Å². The third-order valence-electron chi connectivity index (χ3n) is 7.58. The summed E-state index contributed by atoms with van der Waals surface area (Å²) in [5.41, 5.74) is 4.85. The molecule has 4 aromatic rings. The van der Waals surface area contributed by atoms with E-state index in [4.69, 9.17) is 14.5 Å². The Morgan fingerprint density at radius 1 is 1.02 bits per heavy atom. The van der Waals surface area contributed by atoms with E-state index in [1.807, 2.05) is 60.7 Å². The second-order valence-corrected chi connectivity index (χ2v) is 14.7. The minimum Gasteiger partial charge on any atom is -0.497 e. The minimum absolute atomic E-state index is 0.242. The van der Waals surface area contributed by atoms with Crippen LogP contribution in [0, 0.1) is 0 Å². The normalized spacial score (nSPS) is 14.5. The van der Waals surface area contributed by atoms with Crippen molar-refractivity contribution in [3.8, 4) is 22.9 Å². The largest absolute Gasteiger partial charge is 0.497 e. The van der Waals surface area contributed by atoms with Crippen LogP contribution in [0.3, 0.4) is 0 Å². The lowest BCUT2D eigenvalue weighted by atomic mass is 9.95. The Morgan fingerprint density at radius 2 is 1.76 bits per heavy atom. The van der Waals surface area contributed by atoms with Gasteiger partial charge in [0.15, 0.2) is 0 Å². The number of hydrogen-bond acceptors (Lipinski definition) is 5. The Kier molecular flexibility index (Phi) is 8.65. The second-order valence-electron chi connectivity index (χ2n) is 11.1. The molecule has 0 spiro atoms. The SMILES string of the molecule is COc1ccc(/C=C/CP(C)(C)=O)c(COc2ccc(-c3nc4cc(C(=O)O)ccc4n3C3CCCCC3)cc2)c1. The Bertz CT molecular complexity index is 1610. The van der Waals surface area contributed by atoms with E-state index in [0.717, 1.165) is 52.4 Å². The van der Waals surface area contributed by atoms with Gasteiger partial charge < -0.3 is 23.7 Å². The van der Waals surface area contributed by atoms with Crippen molar-refractivity contribution in [3.63, 3.8) is 0 Å². The number of aromatic nitrogens is 2. The molecular weight excluding hydrogens is 535 g/mol. The van der Waals surface area contributed by atoms with Crippen LogP contribution in [0.1, 0.15) is 59.6 Å². The number of methoxy groups -OCH3 is 1. The van der Waals surface area contributed by atoms with Crippen LogP contribution < -0.4 is 9.47 Å². The number of carboxylic acid groups (broad SMARTS) is 1. The van der Waals surface area contributed by atoms with Crippen LogP contribution in [-0.2, 0) is 11.2 Å². The quantitative estimate of drug-likeness (QED) is 0.193. The van der Waals surface area contributed by atoms with Gasteiger partial charge in [0, 0.05) is 23.3 Å². The molecule has 1 heterocycles. The van der Waals surface area contributed by atoms with Crippen molar-refractivity contribution in [2.75, 3.05) is 26.6 Å². The highest BCUT2D eigenvalue weighted by molar-refractivity contribution is 7.62. The van der Waals surface area contributed by atoms with Gasteiger partial charge in [-0.1, -0.05) is 37.5 Å². The van der Waals surface area contributed by atoms with E-state index < -0.39 is 13.1 Å². The summed E-state index contributed by atoms with van der Waals surface area (Å²) in [6.07, 6.45) is 10.3. The van der Waals surface area contributed by atoms with Crippen LogP contribution in [0.4, 0.5) is 0 Å². The van der Waals surface area contributed by atoms with E-state index >= 15 is 0 Å². The zero-order chi connectivity index (χ0) is 29.0. The molecule has 0 radical (unpaired) electrons. The lowest BCUT2D eigenvalue weighted by Gasteiger charge is -2.25. The first-order valence-corrected chi connectivity index (χ1v) is 16.9. The van der Waals surface area contributed by atoms with E-state index in [-0.39, 0.29) is 5.56 Å². The molecule has 1 N–H and O–H groups in total. The van der Waals surface area contributed by atoms with Gasteiger partial charge in [0.2, 0.25) is 0 Å². The minimum atomic E-state index is -2.13. The van der Waals surface area contributed by atoms with Crippen LogP contribution in [0.2, 0.25) is 0 Å². The number of fused-ring (bicyclic) bond motifs is 1. The summed E-state index contributed by atoms with van der Waals surface area (Å²) in [7, 11) is -0.492. The van der Waals surface area contributed by atoms with Crippen molar-refractivity contribution in [1.82, 2.24) is 9.55 Å². The van der Waals surface area contributed by atoms with Gasteiger partial charge in [-0.3, -0.25) is 0 Å². The van der Waals surface area contributed by atoms with Crippen LogP contribution in [0.5, 0.6) is 11.5 Å². The van der Waals surface area contributed by atoms with E-state index in [2.05, 4.69) is 4.57 Å². The van der Waals surface area contributed by atoms with Crippen molar-refractivity contribution in [3.05, 3.63) is 83.4 Å². The zero-order valence-electron chi connectivity index (χ0n) is 23.9. The summed E-state index contributed by atoms with van der Waals surface area (Å²) in [5.74, 6) is 1.38. The molecule has 0 atom stereocenters. The maximum Gasteiger partial charge on any atom is 0.335 e. The number of carbonyl (C=O) groups is 1. The molecule has 1 aliphatic carbocycles. The molecule has 214 valence electrons. The number of nitrogens with zero attached hydrogens (tertiary/aromatic N) is 2. The molecule has 0 bridgehead atoms. The standard InChI is InChI=1S/C33H37N2O5P/c1-39-29-17-11-23(8-7-19-41(2,3)38)26(20-29)22-40-28-15-12-24(13-16-28)32-34-30-21-25(33(36)37)14-18-31(30)35(32)27-9-5-4-6-10-27/h7-8,11-18,20-21,27H,4-6,9-10,19,22H2,1-3H3,(H,36,37)/b8-7+. The molecule has 0 aliphatic heterocycles. The number of allylic oxidation sites excluding steroid dienone is 1. The maximum absolute atomic E-state index is 12.1. The lowest BCUT2D eigenvalue weighted by Crippen LogP contribution is -2.14. The molecule has 0 saturated heterocycles. The molecule has 3 aromatic carbocycles.